The van der Waals surface area contributed by atoms with Crippen LogP contribution in [0, 0.1) is 0 Å². The first kappa shape index (κ1) is 26.4. The number of nitrogens with one attached hydrogen (secondary N) is 2. The maximum absolute atomic E-state index is 4.77. The molecule has 32 heavy (non-hydrogen) atoms. The Kier molecular flexibility index (Phi) is 10.2. The molecular weight excluding hydrogens is 513 g/mol. The van der Waals surface area contributed by atoms with Crippen LogP contribution in [-0.2, 0) is 18.4 Å². The first-order valence-electron chi connectivity index (χ1n) is 11.7. The lowest BCUT2D eigenvalue weighted by Crippen LogP contribution is -2.48. The number of rotatable bonds is 7. The number of anilines is 1. The van der Waals surface area contributed by atoms with Crippen LogP contribution in [0.2, 0.25) is 0 Å². The van der Waals surface area contributed by atoms with Crippen molar-refractivity contribution in [1.82, 2.24) is 25.4 Å². The number of aromatic nitrogens is 3. The topological polar surface area (TPSA) is 70.4 Å². The van der Waals surface area contributed by atoms with E-state index in [1.54, 1.807) is 6.33 Å². The second-order valence-corrected chi connectivity index (χ2v) is 9.26. The molecule has 1 saturated heterocycles. The van der Waals surface area contributed by atoms with Crippen molar-refractivity contribution in [1.29, 1.82) is 0 Å². The van der Waals surface area contributed by atoms with Crippen molar-refractivity contribution in [2.24, 2.45) is 4.99 Å². The minimum atomic E-state index is 0. The van der Waals surface area contributed by atoms with Gasteiger partial charge in [0.1, 0.15) is 12.2 Å². The summed E-state index contributed by atoms with van der Waals surface area (Å²) in [5.41, 5.74) is 2.91. The van der Waals surface area contributed by atoms with Crippen molar-refractivity contribution in [3.63, 3.8) is 0 Å². The Balaban J connectivity index is 0.00000363. The number of piperidine rings is 1. The molecule has 2 N–H and O–H groups in total. The minimum absolute atomic E-state index is 0. The Labute approximate surface area is 210 Å². The van der Waals surface area contributed by atoms with E-state index in [1.165, 1.54) is 11.3 Å². The van der Waals surface area contributed by atoms with Gasteiger partial charge in [0.05, 0.1) is 6.54 Å². The van der Waals surface area contributed by atoms with Crippen LogP contribution in [0.25, 0.3) is 0 Å². The van der Waals surface area contributed by atoms with Crippen molar-refractivity contribution in [2.75, 3.05) is 31.1 Å². The quantitative estimate of drug-likeness (QED) is 0.309. The average molecular weight is 554 g/mol. The fraction of sp³-hybridized carbons (Fsp3) is 0.625. The van der Waals surface area contributed by atoms with E-state index in [9.17, 15) is 0 Å². The molecule has 0 spiro atoms. The molecule has 0 atom stereocenters. The summed E-state index contributed by atoms with van der Waals surface area (Å²) in [5.74, 6) is 1.91. The molecule has 1 aromatic heterocycles. The molecule has 8 heteroatoms. The lowest BCUT2D eigenvalue weighted by atomic mass is 9.87. The van der Waals surface area contributed by atoms with Gasteiger partial charge < -0.3 is 20.1 Å². The van der Waals surface area contributed by atoms with Crippen LogP contribution < -0.4 is 15.5 Å². The van der Waals surface area contributed by atoms with E-state index in [0.29, 0.717) is 12.6 Å². The highest BCUT2D eigenvalue weighted by molar-refractivity contribution is 14.0. The van der Waals surface area contributed by atoms with Crippen molar-refractivity contribution in [3.05, 3.63) is 42.0 Å². The van der Waals surface area contributed by atoms with Gasteiger partial charge >= 0.3 is 0 Å². The number of aliphatic imine (C=N–C) groups is 1. The second kappa shape index (κ2) is 12.4. The standard InChI is InChI=1S/C24H39N7.HI/c1-6-22-29-27-18-31(22)17-14-26-23(25-7-2)28-20-12-15-30(16-13-20)21-10-8-19(9-11-21)24(3,4)5;/h8-11,18,20H,6-7,12-17H2,1-5H3,(H2,25,26,28);1H. The Morgan fingerprint density at radius 3 is 2.41 bits per heavy atom. The monoisotopic (exact) mass is 553 g/mol. The van der Waals surface area contributed by atoms with Crippen molar-refractivity contribution in [3.8, 4) is 0 Å². The van der Waals surface area contributed by atoms with E-state index in [2.05, 4.69) is 89.2 Å². The third kappa shape index (κ3) is 7.35. The van der Waals surface area contributed by atoms with E-state index in [0.717, 1.165) is 57.2 Å². The molecule has 178 valence electrons. The summed E-state index contributed by atoms with van der Waals surface area (Å²) < 4.78 is 2.08. The largest absolute Gasteiger partial charge is 0.371 e. The summed E-state index contributed by atoms with van der Waals surface area (Å²) in [5, 5.41) is 15.2. The summed E-state index contributed by atoms with van der Waals surface area (Å²) in [7, 11) is 0. The zero-order valence-corrected chi connectivity index (χ0v) is 22.6. The fourth-order valence-electron chi connectivity index (χ4n) is 3.98. The number of halogens is 1. The van der Waals surface area contributed by atoms with Gasteiger partial charge in [-0.2, -0.15) is 0 Å². The predicted molar refractivity (Wildman–Crippen MR) is 144 cm³/mol. The van der Waals surface area contributed by atoms with Crippen LogP contribution in [0.4, 0.5) is 5.69 Å². The van der Waals surface area contributed by atoms with Crippen molar-refractivity contribution in [2.45, 2.75) is 71.9 Å². The van der Waals surface area contributed by atoms with Gasteiger partial charge in [-0.3, -0.25) is 4.99 Å². The molecule has 0 amide bonds. The molecule has 0 unspecified atom stereocenters. The van der Waals surface area contributed by atoms with Gasteiger partial charge in [-0.05, 0) is 42.9 Å². The highest BCUT2D eigenvalue weighted by atomic mass is 127. The number of hydrogen-bond donors (Lipinski definition) is 2. The van der Waals surface area contributed by atoms with Gasteiger partial charge in [0, 0.05) is 44.3 Å². The summed E-state index contributed by atoms with van der Waals surface area (Å²) in [6.07, 6.45) is 4.89. The van der Waals surface area contributed by atoms with E-state index in [-0.39, 0.29) is 29.4 Å². The molecule has 0 bridgehead atoms. The molecule has 1 aliphatic heterocycles. The highest BCUT2D eigenvalue weighted by Gasteiger charge is 2.21. The third-order valence-electron chi connectivity index (χ3n) is 5.90. The molecule has 3 rings (SSSR count). The lowest BCUT2D eigenvalue weighted by Gasteiger charge is -2.35. The Morgan fingerprint density at radius 2 is 1.81 bits per heavy atom. The molecule has 0 saturated carbocycles. The maximum atomic E-state index is 4.77. The highest BCUT2D eigenvalue weighted by Crippen LogP contribution is 2.26. The van der Waals surface area contributed by atoms with Crippen LogP contribution in [0.15, 0.2) is 35.6 Å². The fourth-order valence-corrected chi connectivity index (χ4v) is 3.98. The number of nitrogens with zero attached hydrogens (tertiary/aromatic N) is 5. The number of guanidine groups is 1. The average Bonchev–Trinajstić information content (AvgIpc) is 3.21. The van der Waals surface area contributed by atoms with Gasteiger partial charge in [-0.25, -0.2) is 0 Å². The van der Waals surface area contributed by atoms with Crippen molar-refractivity contribution < 1.29 is 0 Å². The predicted octanol–water partition coefficient (Wildman–Crippen LogP) is 3.98. The SMILES string of the molecule is CCNC(=NCCn1cnnc1CC)NC1CCN(c2ccc(C(C)(C)C)cc2)CC1.I. The Hall–Kier alpha value is -1.84. The first-order chi connectivity index (χ1) is 14.9. The summed E-state index contributed by atoms with van der Waals surface area (Å²) in [6.45, 7) is 15.5. The molecular formula is C24H40IN7. The zero-order chi connectivity index (χ0) is 22.3. The normalized spacial score (nSPS) is 15.4. The maximum Gasteiger partial charge on any atom is 0.191 e. The van der Waals surface area contributed by atoms with Crippen LogP contribution in [0.1, 0.15) is 58.8 Å². The van der Waals surface area contributed by atoms with Gasteiger partial charge in [0.2, 0.25) is 0 Å². The molecule has 0 radical (unpaired) electrons. The van der Waals surface area contributed by atoms with Crippen LogP contribution in [0.5, 0.6) is 0 Å². The van der Waals surface area contributed by atoms with Crippen LogP contribution in [-0.4, -0.2) is 52.9 Å². The van der Waals surface area contributed by atoms with E-state index in [1.807, 2.05) is 0 Å². The zero-order valence-electron chi connectivity index (χ0n) is 20.3. The van der Waals surface area contributed by atoms with E-state index in [4.69, 9.17) is 4.99 Å². The van der Waals surface area contributed by atoms with E-state index >= 15 is 0 Å². The molecule has 1 aliphatic rings. The summed E-state index contributed by atoms with van der Waals surface area (Å²) in [4.78, 5) is 7.27. The van der Waals surface area contributed by atoms with Gasteiger partial charge in [0.25, 0.3) is 0 Å². The number of benzene rings is 1. The van der Waals surface area contributed by atoms with Crippen molar-refractivity contribution >= 4 is 35.6 Å². The Bertz CT molecular complexity index is 831. The lowest BCUT2D eigenvalue weighted by molar-refractivity contribution is 0.461. The molecule has 1 aromatic carbocycles. The molecule has 0 aliphatic carbocycles. The van der Waals surface area contributed by atoms with E-state index < -0.39 is 0 Å². The minimum Gasteiger partial charge on any atom is -0.371 e. The van der Waals surface area contributed by atoms with Crippen LogP contribution in [0.3, 0.4) is 0 Å². The molecule has 7 nitrogen and oxygen atoms in total. The number of aryl methyl sites for hydroxylation is 1. The van der Waals surface area contributed by atoms with Gasteiger partial charge in [0.15, 0.2) is 5.96 Å². The van der Waals surface area contributed by atoms with Gasteiger partial charge in [-0.1, -0.05) is 39.8 Å². The molecule has 2 heterocycles. The molecule has 1 fully saturated rings. The Morgan fingerprint density at radius 1 is 1.12 bits per heavy atom. The summed E-state index contributed by atoms with van der Waals surface area (Å²) in [6, 6.07) is 9.54. The van der Waals surface area contributed by atoms with Crippen LogP contribution >= 0.6 is 24.0 Å². The molecule has 2 aromatic rings. The smallest absolute Gasteiger partial charge is 0.191 e. The second-order valence-electron chi connectivity index (χ2n) is 9.26. The number of hydrogen-bond acceptors (Lipinski definition) is 4. The summed E-state index contributed by atoms with van der Waals surface area (Å²) >= 11 is 0. The van der Waals surface area contributed by atoms with Gasteiger partial charge in [-0.15, -0.1) is 34.2 Å². The third-order valence-corrected chi connectivity index (χ3v) is 5.90. The first-order valence-corrected chi connectivity index (χ1v) is 11.7.